The summed E-state index contributed by atoms with van der Waals surface area (Å²) in [5, 5.41) is 1.12. The summed E-state index contributed by atoms with van der Waals surface area (Å²) in [6.45, 7) is 12.6. The number of nitrogens with zero attached hydrogens (tertiary/aromatic N) is 3. The lowest BCUT2D eigenvalue weighted by Gasteiger charge is -2.16. The Morgan fingerprint density at radius 3 is 2.38 bits per heavy atom. The zero-order valence-corrected chi connectivity index (χ0v) is 17.4. The van der Waals surface area contributed by atoms with Crippen LogP contribution in [-0.2, 0) is 11.3 Å². The zero-order chi connectivity index (χ0) is 20.1. The van der Waals surface area contributed by atoms with E-state index in [2.05, 4.69) is 15.6 Å². The Morgan fingerprint density at radius 2 is 1.85 bits per heavy atom. The summed E-state index contributed by atoms with van der Waals surface area (Å²) in [5.74, 6) is 0. The molecule has 1 aromatic heterocycles. The molecular weight excluding hydrogens is 326 g/mol. The van der Waals surface area contributed by atoms with Crippen LogP contribution < -0.4 is 4.90 Å². The minimum atomic E-state index is -0.387. The minimum Gasteiger partial charge on any atom is -0.452 e. The zero-order valence-electron chi connectivity index (χ0n) is 17.4. The number of hydrogen-bond donors (Lipinski definition) is 0. The van der Waals surface area contributed by atoms with Crippen molar-refractivity contribution in [1.82, 2.24) is 4.57 Å². The van der Waals surface area contributed by atoms with E-state index >= 15 is 0 Å². The van der Waals surface area contributed by atoms with Crippen molar-refractivity contribution < 1.29 is 9.53 Å². The summed E-state index contributed by atoms with van der Waals surface area (Å²) in [6, 6.07) is 7.94. The Labute approximate surface area is 158 Å². The van der Waals surface area contributed by atoms with Gasteiger partial charge in [-0.1, -0.05) is 39.8 Å². The Hall–Kier alpha value is -2.56. The minimum absolute atomic E-state index is 0.387. The highest BCUT2D eigenvalue weighted by atomic mass is 16.5. The average Bonchev–Trinajstić information content (AvgIpc) is 3.11. The summed E-state index contributed by atoms with van der Waals surface area (Å²) in [7, 11) is 3.07. The molecule has 0 saturated carbocycles. The number of aromatic nitrogens is 1. The Kier molecular flexibility index (Phi) is 11.5. The van der Waals surface area contributed by atoms with Gasteiger partial charge in [-0.3, -0.25) is 9.89 Å². The van der Waals surface area contributed by atoms with Crippen molar-refractivity contribution in [3.63, 3.8) is 0 Å². The second-order valence-corrected chi connectivity index (χ2v) is 4.88. The van der Waals surface area contributed by atoms with Gasteiger partial charge in [0.25, 0.3) is 0 Å². The number of rotatable bonds is 4. The molecule has 0 bridgehead atoms. The van der Waals surface area contributed by atoms with Gasteiger partial charge in [-0.25, -0.2) is 4.79 Å². The predicted octanol–water partition coefficient (Wildman–Crippen LogP) is 5.89. The predicted molar refractivity (Wildman–Crippen MR) is 113 cm³/mol. The first-order chi connectivity index (χ1) is 12.6. The van der Waals surface area contributed by atoms with E-state index in [1.165, 1.54) is 12.0 Å². The number of benzene rings is 1. The molecule has 0 aliphatic heterocycles. The summed E-state index contributed by atoms with van der Waals surface area (Å²) >= 11 is 0. The topological polar surface area (TPSA) is 46.8 Å². The molecule has 2 rings (SSSR count). The van der Waals surface area contributed by atoms with Gasteiger partial charge < -0.3 is 9.30 Å². The fourth-order valence-corrected chi connectivity index (χ4v) is 2.31. The number of fused-ring (bicyclic) bond motifs is 1. The van der Waals surface area contributed by atoms with Crippen LogP contribution in [0.1, 0.15) is 41.5 Å². The molecular formula is C21H33N3O2. The van der Waals surface area contributed by atoms with Crippen LogP contribution in [0.15, 0.2) is 47.2 Å². The van der Waals surface area contributed by atoms with Gasteiger partial charge in [0, 0.05) is 25.1 Å². The lowest BCUT2D eigenvalue weighted by molar-refractivity contribution is 0.180. The van der Waals surface area contributed by atoms with Crippen LogP contribution in [0, 0.1) is 0 Å². The van der Waals surface area contributed by atoms with Gasteiger partial charge in [-0.15, -0.1) is 0 Å². The average molecular weight is 360 g/mol. The molecule has 26 heavy (non-hydrogen) atoms. The number of aliphatic imine (C=N–C) groups is 1. The van der Waals surface area contributed by atoms with Crippen LogP contribution >= 0.6 is 0 Å². The highest BCUT2D eigenvalue weighted by Crippen LogP contribution is 2.24. The third kappa shape index (κ3) is 6.06. The first-order valence-corrected chi connectivity index (χ1v) is 9.15. The van der Waals surface area contributed by atoms with Gasteiger partial charge in [0.05, 0.1) is 24.9 Å². The van der Waals surface area contributed by atoms with Crippen LogP contribution in [0.25, 0.3) is 10.9 Å². The molecule has 1 heterocycles. The molecule has 5 heteroatoms. The third-order valence-electron chi connectivity index (χ3n) is 3.55. The van der Waals surface area contributed by atoms with E-state index in [-0.39, 0.29) is 6.09 Å². The molecule has 0 fully saturated rings. The Balaban J connectivity index is 0.00000146. The molecule has 1 aromatic carbocycles. The van der Waals surface area contributed by atoms with Gasteiger partial charge in [0.1, 0.15) is 0 Å². The van der Waals surface area contributed by atoms with E-state index in [4.69, 9.17) is 4.74 Å². The lowest BCUT2D eigenvalue weighted by Crippen LogP contribution is -2.25. The van der Waals surface area contributed by atoms with Crippen molar-refractivity contribution in [2.75, 3.05) is 19.1 Å². The van der Waals surface area contributed by atoms with Crippen LogP contribution in [0.3, 0.4) is 0 Å². The Morgan fingerprint density at radius 1 is 1.19 bits per heavy atom. The molecule has 1 amide bonds. The molecule has 0 spiro atoms. The molecule has 144 valence electrons. The van der Waals surface area contributed by atoms with Crippen LogP contribution in [0.4, 0.5) is 10.5 Å². The largest absolute Gasteiger partial charge is 0.452 e. The van der Waals surface area contributed by atoms with Gasteiger partial charge in [-0.05, 0) is 37.4 Å². The molecule has 0 N–H and O–H groups in total. The summed E-state index contributed by atoms with van der Waals surface area (Å²) < 4.78 is 6.87. The highest BCUT2D eigenvalue weighted by molar-refractivity contribution is 5.91. The monoisotopic (exact) mass is 359 g/mol. The number of ether oxygens (including phenoxy) is 1. The van der Waals surface area contributed by atoms with Crippen LogP contribution in [0.5, 0.6) is 0 Å². The summed E-state index contributed by atoms with van der Waals surface area (Å²) in [4.78, 5) is 17.5. The first-order valence-electron chi connectivity index (χ1n) is 9.15. The normalized spacial score (nSPS) is 10.7. The van der Waals surface area contributed by atoms with E-state index in [9.17, 15) is 4.79 Å². The van der Waals surface area contributed by atoms with Crippen molar-refractivity contribution in [1.29, 1.82) is 0 Å². The fraction of sp³-hybridized carbons (Fsp3) is 0.429. The lowest BCUT2D eigenvalue weighted by atomic mass is 10.2. The molecule has 0 saturated heterocycles. The maximum Gasteiger partial charge on any atom is 0.413 e. The molecule has 0 radical (unpaired) electrons. The molecule has 0 unspecified atom stereocenters. The quantitative estimate of drug-likeness (QED) is 0.639. The number of hydrogen-bond acceptors (Lipinski definition) is 3. The Bertz CT molecular complexity index is 730. The number of carbonyl (C=O) groups is 1. The molecule has 5 nitrogen and oxygen atoms in total. The first kappa shape index (κ1) is 23.4. The van der Waals surface area contributed by atoms with Crippen molar-refractivity contribution in [2.45, 2.75) is 48.1 Å². The van der Waals surface area contributed by atoms with Crippen molar-refractivity contribution in [3.8, 4) is 0 Å². The summed E-state index contributed by atoms with van der Waals surface area (Å²) in [6.07, 6.45) is 5.43. The van der Waals surface area contributed by atoms with E-state index in [0.29, 0.717) is 6.54 Å². The SMILES string of the molecule is CC.CC.CC=N/C(=C\C)Cn1ccc2ccc(N(C)C(=O)OC)cc21. The number of anilines is 1. The van der Waals surface area contributed by atoms with Crippen molar-refractivity contribution in [3.05, 3.63) is 42.2 Å². The van der Waals surface area contributed by atoms with Crippen molar-refractivity contribution in [2.24, 2.45) is 4.99 Å². The van der Waals surface area contributed by atoms with E-state index < -0.39 is 0 Å². The number of amides is 1. The highest BCUT2D eigenvalue weighted by Gasteiger charge is 2.12. The van der Waals surface area contributed by atoms with E-state index in [1.54, 1.807) is 13.3 Å². The maximum atomic E-state index is 11.6. The van der Waals surface area contributed by atoms with Crippen LogP contribution in [0.2, 0.25) is 0 Å². The standard InChI is InChI=1S/C17H21N3O2.2C2H6/c1-5-14(18-6-2)12-20-10-9-13-7-8-15(11-16(13)20)19(3)17(21)22-4;2*1-2/h5-11H,12H2,1-4H3;2*1-2H3/b14-5-,18-6?;;. The van der Waals surface area contributed by atoms with E-state index in [1.807, 2.05) is 72.0 Å². The number of allylic oxidation sites excluding steroid dienone is 2. The molecule has 0 atom stereocenters. The maximum absolute atomic E-state index is 11.6. The fourth-order valence-electron chi connectivity index (χ4n) is 2.31. The van der Waals surface area contributed by atoms with Crippen molar-refractivity contribution >= 4 is 28.9 Å². The smallest absolute Gasteiger partial charge is 0.413 e. The van der Waals surface area contributed by atoms with Crippen LogP contribution in [-0.4, -0.2) is 31.0 Å². The molecule has 2 aromatic rings. The number of methoxy groups -OCH3 is 1. The van der Waals surface area contributed by atoms with Gasteiger partial charge >= 0.3 is 6.09 Å². The number of carbonyl (C=O) groups excluding carboxylic acids is 1. The second kappa shape index (κ2) is 12.8. The van der Waals surface area contributed by atoms with E-state index in [0.717, 1.165) is 22.3 Å². The van der Waals surface area contributed by atoms with Gasteiger partial charge in [0.2, 0.25) is 0 Å². The molecule has 0 aliphatic rings. The van der Waals surface area contributed by atoms with Gasteiger partial charge in [0.15, 0.2) is 0 Å². The second-order valence-electron chi connectivity index (χ2n) is 4.88. The summed E-state index contributed by atoms with van der Waals surface area (Å²) in [5.41, 5.74) is 2.84. The van der Waals surface area contributed by atoms with Gasteiger partial charge in [-0.2, -0.15) is 0 Å². The third-order valence-corrected chi connectivity index (χ3v) is 3.55. The molecule has 0 aliphatic carbocycles.